The largest absolute Gasteiger partial charge is 0.573 e. The molecule has 3 nitrogen and oxygen atoms in total. The first-order chi connectivity index (χ1) is 9.51. The quantitative estimate of drug-likeness (QED) is 0.859. The van der Waals surface area contributed by atoms with Gasteiger partial charge in [0.05, 0.1) is 18.2 Å². The molecule has 0 saturated carbocycles. The smallest absolute Gasteiger partial charge is 0.405 e. The normalized spacial score (nSPS) is 10.9. The van der Waals surface area contributed by atoms with Crippen LogP contribution in [-0.4, -0.2) is 11.3 Å². The summed E-state index contributed by atoms with van der Waals surface area (Å²) >= 11 is 0. The number of hydrogen-bond acceptors (Lipinski definition) is 3. The molecule has 1 heterocycles. The predicted octanol–water partition coefficient (Wildman–Crippen LogP) is 3.71. The Kier molecular flexibility index (Phi) is 3.89. The Hall–Kier alpha value is -2.55. The molecule has 0 N–H and O–H groups in total. The first kappa shape index (κ1) is 13.9. The standard InChI is InChI=1S/C14H9F3N2O/c15-14(16,17)20-13-6-2-1-4-11(13)10-5-3-9-19-12(10)7-8-18/h1-6,9H,7H2. The van der Waals surface area contributed by atoms with Gasteiger partial charge in [0.25, 0.3) is 0 Å². The molecule has 1 aromatic heterocycles. The third kappa shape index (κ3) is 3.26. The molecule has 2 rings (SSSR count). The van der Waals surface area contributed by atoms with Gasteiger partial charge in [-0.25, -0.2) is 0 Å². The molecular weight excluding hydrogens is 269 g/mol. The highest BCUT2D eigenvalue weighted by Crippen LogP contribution is 2.34. The number of aromatic nitrogens is 1. The summed E-state index contributed by atoms with van der Waals surface area (Å²) in [5.41, 5.74) is 1.12. The van der Waals surface area contributed by atoms with E-state index in [9.17, 15) is 13.2 Å². The lowest BCUT2D eigenvalue weighted by Gasteiger charge is -2.14. The average molecular weight is 278 g/mol. The van der Waals surface area contributed by atoms with Gasteiger partial charge < -0.3 is 4.74 Å². The molecule has 2 aromatic rings. The zero-order valence-corrected chi connectivity index (χ0v) is 10.2. The Balaban J connectivity index is 2.51. The zero-order valence-electron chi connectivity index (χ0n) is 10.2. The molecule has 0 atom stereocenters. The highest BCUT2D eigenvalue weighted by molar-refractivity contribution is 5.72. The molecule has 0 radical (unpaired) electrons. The van der Waals surface area contributed by atoms with Crippen LogP contribution in [0.5, 0.6) is 5.75 Å². The van der Waals surface area contributed by atoms with E-state index in [0.717, 1.165) is 0 Å². The Morgan fingerprint density at radius 1 is 1.10 bits per heavy atom. The van der Waals surface area contributed by atoms with Gasteiger partial charge in [-0.3, -0.25) is 4.98 Å². The van der Waals surface area contributed by atoms with E-state index in [0.29, 0.717) is 11.3 Å². The Labute approximate surface area is 113 Å². The van der Waals surface area contributed by atoms with E-state index in [-0.39, 0.29) is 17.7 Å². The second-order valence-electron chi connectivity index (χ2n) is 3.88. The highest BCUT2D eigenvalue weighted by atomic mass is 19.4. The third-order valence-electron chi connectivity index (χ3n) is 2.54. The summed E-state index contributed by atoms with van der Waals surface area (Å²) in [5.74, 6) is -0.313. The van der Waals surface area contributed by atoms with Crippen molar-refractivity contribution in [2.24, 2.45) is 0 Å². The molecule has 0 saturated heterocycles. The molecule has 0 unspecified atom stereocenters. The molecule has 0 spiro atoms. The third-order valence-corrected chi connectivity index (χ3v) is 2.54. The van der Waals surface area contributed by atoms with Crippen molar-refractivity contribution in [3.63, 3.8) is 0 Å². The summed E-state index contributed by atoms with van der Waals surface area (Å²) in [6, 6.07) is 10.9. The zero-order chi connectivity index (χ0) is 14.6. The van der Waals surface area contributed by atoms with Crippen molar-refractivity contribution in [3.8, 4) is 22.9 Å². The molecule has 0 bridgehead atoms. The highest BCUT2D eigenvalue weighted by Gasteiger charge is 2.32. The number of benzene rings is 1. The fraction of sp³-hybridized carbons (Fsp3) is 0.143. The SMILES string of the molecule is N#CCc1ncccc1-c1ccccc1OC(F)(F)F. The molecule has 6 heteroatoms. The van der Waals surface area contributed by atoms with Crippen LogP contribution in [0.1, 0.15) is 5.69 Å². The van der Waals surface area contributed by atoms with Gasteiger partial charge in [0, 0.05) is 17.3 Å². The molecule has 0 aliphatic rings. The molecule has 0 fully saturated rings. The van der Waals surface area contributed by atoms with Gasteiger partial charge in [-0.1, -0.05) is 24.3 Å². The summed E-state index contributed by atoms with van der Waals surface area (Å²) in [4.78, 5) is 4.02. The monoisotopic (exact) mass is 278 g/mol. The molecule has 0 amide bonds. The number of halogens is 3. The van der Waals surface area contributed by atoms with Crippen LogP contribution in [0.3, 0.4) is 0 Å². The van der Waals surface area contributed by atoms with E-state index in [1.807, 2.05) is 6.07 Å². The number of nitrogens with zero attached hydrogens (tertiary/aromatic N) is 2. The number of pyridine rings is 1. The van der Waals surface area contributed by atoms with Crippen molar-refractivity contribution in [2.75, 3.05) is 0 Å². The van der Waals surface area contributed by atoms with Crippen LogP contribution in [0.15, 0.2) is 42.6 Å². The summed E-state index contributed by atoms with van der Waals surface area (Å²) < 4.78 is 41.2. The van der Waals surface area contributed by atoms with Crippen molar-refractivity contribution < 1.29 is 17.9 Å². The minimum Gasteiger partial charge on any atom is -0.405 e. The van der Waals surface area contributed by atoms with E-state index in [1.165, 1.54) is 24.4 Å². The van der Waals surface area contributed by atoms with Crippen LogP contribution < -0.4 is 4.74 Å². The summed E-state index contributed by atoms with van der Waals surface area (Å²) in [6.07, 6.45) is -3.27. The average Bonchev–Trinajstić information content (AvgIpc) is 2.39. The molecule has 102 valence electrons. The first-order valence-electron chi connectivity index (χ1n) is 5.67. The van der Waals surface area contributed by atoms with Crippen LogP contribution in [0.25, 0.3) is 11.1 Å². The van der Waals surface area contributed by atoms with Crippen molar-refractivity contribution >= 4 is 0 Å². The fourth-order valence-corrected chi connectivity index (χ4v) is 1.80. The van der Waals surface area contributed by atoms with Crippen LogP contribution in [0.4, 0.5) is 13.2 Å². The van der Waals surface area contributed by atoms with Crippen molar-refractivity contribution in [3.05, 3.63) is 48.3 Å². The van der Waals surface area contributed by atoms with Crippen molar-refractivity contribution in [2.45, 2.75) is 12.8 Å². The minimum absolute atomic E-state index is 0.0104. The van der Waals surface area contributed by atoms with E-state index < -0.39 is 6.36 Å². The molecule has 20 heavy (non-hydrogen) atoms. The van der Waals surface area contributed by atoms with Crippen LogP contribution >= 0.6 is 0 Å². The first-order valence-corrected chi connectivity index (χ1v) is 5.67. The van der Waals surface area contributed by atoms with E-state index >= 15 is 0 Å². The van der Waals surface area contributed by atoms with E-state index in [1.54, 1.807) is 18.2 Å². The maximum absolute atomic E-state index is 12.4. The van der Waals surface area contributed by atoms with Crippen molar-refractivity contribution in [1.29, 1.82) is 5.26 Å². The summed E-state index contributed by atoms with van der Waals surface area (Å²) in [6.45, 7) is 0. The van der Waals surface area contributed by atoms with Gasteiger partial charge in [-0.05, 0) is 12.1 Å². The number of rotatable bonds is 3. The second kappa shape index (κ2) is 5.61. The van der Waals surface area contributed by atoms with Crippen LogP contribution in [0.2, 0.25) is 0 Å². The molecule has 1 aromatic carbocycles. The summed E-state index contributed by atoms with van der Waals surface area (Å²) in [7, 11) is 0. The van der Waals surface area contributed by atoms with Gasteiger partial charge >= 0.3 is 6.36 Å². The topological polar surface area (TPSA) is 45.9 Å². The number of hydrogen-bond donors (Lipinski definition) is 0. The van der Waals surface area contributed by atoms with Crippen LogP contribution in [0, 0.1) is 11.3 Å². The maximum atomic E-state index is 12.4. The van der Waals surface area contributed by atoms with Gasteiger partial charge in [0.15, 0.2) is 0 Å². The van der Waals surface area contributed by atoms with Crippen LogP contribution in [-0.2, 0) is 6.42 Å². The van der Waals surface area contributed by atoms with E-state index in [2.05, 4.69) is 9.72 Å². The molecular formula is C14H9F3N2O. The lowest BCUT2D eigenvalue weighted by atomic mass is 10.0. The van der Waals surface area contributed by atoms with Gasteiger partial charge in [0.2, 0.25) is 0 Å². The minimum atomic E-state index is -4.77. The predicted molar refractivity (Wildman–Crippen MR) is 65.7 cm³/mol. The van der Waals surface area contributed by atoms with Gasteiger partial charge in [-0.2, -0.15) is 5.26 Å². The van der Waals surface area contributed by atoms with E-state index in [4.69, 9.17) is 5.26 Å². The van der Waals surface area contributed by atoms with Gasteiger partial charge in [0.1, 0.15) is 5.75 Å². The number of para-hydroxylation sites is 1. The number of alkyl halides is 3. The Bertz CT molecular complexity index is 647. The number of nitriles is 1. The summed E-state index contributed by atoms with van der Waals surface area (Å²) in [5, 5.41) is 8.75. The fourth-order valence-electron chi connectivity index (χ4n) is 1.80. The lowest BCUT2D eigenvalue weighted by molar-refractivity contribution is -0.274. The Morgan fingerprint density at radius 2 is 1.80 bits per heavy atom. The van der Waals surface area contributed by atoms with Gasteiger partial charge in [-0.15, -0.1) is 13.2 Å². The lowest BCUT2D eigenvalue weighted by Crippen LogP contribution is -2.17. The second-order valence-corrected chi connectivity index (χ2v) is 3.88. The number of ether oxygens (including phenoxy) is 1. The van der Waals surface area contributed by atoms with Crippen molar-refractivity contribution in [1.82, 2.24) is 4.98 Å². The molecule has 0 aliphatic carbocycles. The Morgan fingerprint density at radius 3 is 2.50 bits per heavy atom. The maximum Gasteiger partial charge on any atom is 0.573 e. The molecule has 0 aliphatic heterocycles.